The molecule has 0 aliphatic rings. The van der Waals surface area contributed by atoms with Gasteiger partial charge in [0.25, 0.3) is 0 Å². The summed E-state index contributed by atoms with van der Waals surface area (Å²) in [5.41, 5.74) is 0. The van der Waals surface area contributed by atoms with Gasteiger partial charge in [-0.25, -0.2) is 0 Å². The fourth-order valence-electron chi connectivity index (χ4n) is 12.2. The van der Waals surface area contributed by atoms with E-state index in [0.717, 1.165) is 57.8 Å². The molecule has 0 aromatic carbocycles. The normalized spacial score (nSPS) is 11.9. The monoisotopic (exact) mass is 1160 g/mol. The zero-order chi connectivity index (χ0) is 59.2. The maximum Gasteiger partial charge on any atom is 0.306 e. The highest BCUT2D eigenvalue weighted by Gasteiger charge is 2.20. The molecule has 0 rings (SSSR count). The maximum atomic E-state index is 12.9. The van der Waals surface area contributed by atoms with Crippen LogP contribution >= 0.6 is 0 Å². The average molecular weight is 1160 g/mol. The number of carbonyl (C=O) groups is 3. The average Bonchev–Trinajstić information content (AvgIpc) is 3.48. The summed E-state index contributed by atoms with van der Waals surface area (Å²) in [5.74, 6) is -0.830. The van der Waals surface area contributed by atoms with Gasteiger partial charge in [-0.3, -0.25) is 14.4 Å². The molecule has 1 atom stereocenters. The molecule has 0 saturated heterocycles. The second-order valence-electron chi connectivity index (χ2n) is 26.3. The Bertz CT molecular complexity index is 1240. The van der Waals surface area contributed by atoms with Crippen LogP contribution in [0.3, 0.4) is 0 Å². The van der Waals surface area contributed by atoms with Crippen LogP contribution in [0.2, 0.25) is 0 Å². The molecule has 0 bridgehead atoms. The summed E-state index contributed by atoms with van der Waals surface area (Å²) >= 11 is 0. The van der Waals surface area contributed by atoms with Crippen molar-refractivity contribution in [3.05, 3.63) is 0 Å². The van der Waals surface area contributed by atoms with Gasteiger partial charge in [0.05, 0.1) is 0 Å². The number of carbonyl (C=O) groups excluding carboxylic acids is 3. The largest absolute Gasteiger partial charge is 0.462 e. The first-order chi connectivity index (χ1) is 40.5. The van der Waals surface area contributed by atoms with Crippen LogP contribution < -0.4 is 0 Å². The van der Waals surface area contributed by atoms with E-state index in [2.05, 4.69) is 20.8 Å². The second kappa shape index (κ2) is 71.9. The van der Waals surface area contributed by atoms with Gasteiger partial charge >= 0.3 is 17.9 Å². The summed E-state index contributed by atoms with van der Waals surface area (Å²) in [7, 11) is 0. The number of unbranched alkanes of at least 4 members (excludes halogenated alkanes) is 61. The molecule has 6 heteroatoms. The van der Waals surface area contributed by atoms with Gasteiger partial charge in [0.2, 0.25) is 0 Å². The van der Waals surface area contributed by atoms with E-state index >= 15 is 0 Å². The minimum atomic E-state index is -0.762. The first kappa shape index (κ1) is 80.4. The standard InChI is InChI=1S/C76H148O6/c1-4-7-10-13-16-18-20-22-24-26-28-30-32-34-36-37-38-40-41-43-45-47-49-51-53-55-57-60-63-66-69-75(78)81-72-73(71-80-74(77)68-65-62-59-15-12-9-6-3)82-76(79)70-67-64-61-58-56-54-52-50-48-46-44-42-39-35-33-31-29-27-25-23-21-19-17-14-11-8-5-2/h73H,4-72H2,1-3H3. The third-order valence-electron chi connectivity index (χ3n) is 17.9. The summed E-state index contributed by atoms with van der Waals surface area (Å²) in [6.07, 6.45) is 86.3. The lowest BCUT2D eigenvalue weighted by molar-refractivity contribution is -0.167. The number of esters is 3. The van der Waals surface area contributed by atoms with Gasteiger partial charge in [-0.15, -0.1) is 0 Å². The lowest BCUT2D eigenvalue weighted by Crippen LogP contribution is -2.30. The van der Waals surface area contributed by atoms with Crippen LogP contribution in [0, 0.1) is 0 Å². The molecule has 488 valence electrons. The fraction of sp³-hybridized carbons (Fsp3) is 0.961. The van der Waals surface area contributed by atoms with E-state index in [1.807, 2.05) is 0 Å². The molecule has 0 fully saturated rings. The quantitative estimate of drug-likeness (QED) is 0.0343. The lowest BCUT2D eigenvalue weighted by atomic mass is 10.0. The number of rotatable bonds is 72. The minimum Gasteiger partial charge on any atom is -0.462 e. The third-order valence-corrected chi connectivity index (χ3v) is 17.9. The molecule has 0 heterocycles. The molecule has 6 nitrogen and oxygen atoms in total. The zero-order valence-electron chi connectivity index (χ0n) is 56.3. The number of ether oxygens (including phenoxy) is 3. The Morgan fingerprint density at radius 3 is 0.488 bits per heavy atom. The number of hydrogen-bond donors (Lipinski definition) is 0. The molecule has 0 aliphatic heterocycles. The van der Waals surface area contributed by atoms with Crippen molar-refractivity contribution in [2.24, 2.45) is 0 Å². The summed E-state index contributed by atoms with van der Waals surface area (Å²) in [6.45, 7) is 6.70. The van der Waals surface area contributed by atoms with Crippen molar-refractivity contribution in [3.63, 3.8) is 0 Å². The van der Waals surface area contributed by atoms with Crippen LogP contribution in [0.25, 0.3) is 0 Å². The van der Waals surface area contributed by atoms with Gasteiger partial charge < -0.3 is 14.2 Å². The van der Waals surface area contributed by atoms with E-state index in [1.54, 1.807) is 0 Å². The summed E-state index contributed by atoms with van der Waals surface area (Å²) in [6, 6.07) is 0. The highest BCUT2D eigenvalue weighted by Crippen LogP contribution is 2.20. The van der Waals surface area contributed by atoms with Crippen molar-refractivity contribution in [1.29, 1.82) is 0 Å². The van der Waals surface area contributed by atoms with E-state index < -0.39 is 6.10 Å². The Kier molecular flexibility index (Phi) is 70.5. The van der Waals surface area contributed by atoms with E-state index in [0.29, 0.717) is 19.3 Å². The smallest absolute Gasteiger partial charge is 0.306 e. The molecule has 1 unspecified atom stereocenters. The first-order valence-electron chi connectivity index (χ1n) is 38.0. The van der Waals surface area contributed by atoms with Crippen LogP contribution in [-0.2, 0) is 28.6 Å². The van der Waals surface area contributed by atoms with E-state index in [4.69, 9.17) is 14.2 Å². The van der Waals surface area contributed by atoms with E-state index in [9.17, 15) is 14.4 Å². The SMILES string of the molecule is CCCCCCCCCCCCCCCCCCCCCCCCCCCCCCCCC(=O)OCC(COC(=O)CCCCCCCCC)OC(=O)CCCCCCCCCCCCCCCCCCCCCCCCCCCCC. The van der Waals surface area contributed by atoms with Gasteiger partial charge in [0.15, 0.2) is 6.10 Å². The van der Waals surface area contributed by atoms with E-state index in [1.165, 1.54) is 353 Å². The summed E-state index contributed by atoms with van der Waals surface area (Å²) in [5, 5.41) is 0. The molecule has 0 spiro atoms. The maximum absolute atomic E-state index is 12.9. The van der Waals surface area contributed by atoms with Crippen molar-refractivity contribution >= 4 is 17.9 Å². The van der Waals surface area contributed by atoms with Crippen molar-refractivity contribution in [3.8, 4) is 0 Å². The van der Waals surface area contributed by atoms with E-state index in [-0.39, 0.29) is 31.1 Å². The Morgan fingerprint density at radius 2 is 0.329 bits per heavy atom. The lowest BCUT2D eigenvalue weighted by Gasteiger charge is -2.18. The topological polar surface area (TPSA) is 78.9 Å². The van der Waals surface area contributed by atoms with Gasteiger partial charge in [-0.05, 0) is 19.3 Å². The molecule has 0 radical (unpaired) electrons. The Balaban J connectivity index is 3.94. The van der Waals surface area contributed by atoms with Gasteiger partial charge in [-0.1, -0.05) is 412 Å². The van der Waals surface area contributed by atoms with Crippen LogP contribution in [-0.4, -0.2) is 37.2 Å². The summed E-state index contributed by atoms with van der Waals surface area (Å²) < 4.78 is 16.9. The van der Waals surface area contributed by atoms with Gasteiger partial charge in [0.1, 0.15) is 13.2 Å². The third kappa shape index (κ3) is 69.2. The van der Waals surface area contributed by atoms with Crippen LogP contribution in [0.5, 0.6) is 0 Å². The second-order valence-corrected chi connectivity index (χ2v) is 26.3. The molecule has 0 N–H and O–H groups in total. The zero-order valence-corrected chi connectivity index (χ0v) is 56.3. The molecular formula is C76H148O6. The van der Waals surface area contributed by atoms with Gasteiger partial charge in [0, 0.05) is 19.3 Å². The Hall–Kier alpha value is -1.59. The first-order valence-corrected chi connectivity index (χ1v) is 38.0. The van der Waals surface area contributed by atoms with Crippen molar-refractivity contribution in [1.82, 2.24) is 0 Å². The van der Waals surface area contributed by atoms with Crippen LogP contribution in [0.1, 0.15) is 451 Å². The van der Waals surface area contributed by atoms with Crippen molar-refractivity contribution in [2.75, 3.05) is 13.2 Å². The Labute approximate surface area is 514 Å². The highest BCUT2D eigenvalue weighted by atomic mass is 16.6. The predicted molar refractivity (Wildman–Crippen MR) is 358 cm³/mol. The fourth-order valence-corrected chi connectivity index (χ4v) is 12.2. The molecule has 0 aromatic rings. The molecule has 82 heavy (non-hydrogen) atoms. The minimum absolute atomic E-state index is 0.0611. The predicted octanol–water partition coefficient (Wildman–Crippen LogP) is 26.2. The van der Waals surface area contributed by atoms with Gasteiger partial charge in [-0.2, -0.15) is 0 Å². The highest BCUT2D eigenvalue weighted by molar-refractivity contribution is 5.71. The van der Waals surface area contributed by atoms with Crippen LogP contribution in [0.4, 0.5) is 0 Å². The molecule has 0 aliphatic carbocycles. The van der Waals surface area contributed by atoms with Crippen molar-refractivity contribution < 1.29 is 28.6 Å². The molecule has 0 saturated carbocycles. The number of hydrogen-bond acceptors (Lipinski definition) is 6. The summed E-state index contributed by atoms with van der Waals surface area (Å²) in [4.78, 5) is 38.2. The molecule has 0 amide bonds. The van der Waals surface area contributed by atoms with Crippen molar-refractivity contribution in [2.45, 2.75) is 457 Å². The van der Waals surface area contributed by atoms with Crippen LogP contribution in [0.15, 0.2) is 0 Å². The Morgan fingerprint density at radius 1 is 0.195 bits per heavy atom. The molecular weight excluding hydrogens is 1010 g/mol. The molecule has 0 aromatic heterocycles.